The number of nitrogens with zero attached hydrogens (tertiary/aromatic N) is 1. The minimum atomic E-state index is -3.67. The molecule has 2 aromatic carbocycles. The van der Waals surface area contributed by atoms with E-state index in [1.165, 1.54) is 49.8 Å². The summed E-state index contributed by atoms with van der Waals surface area (Å²) in [5.41, 5.74) is 2.66. The summed E-state index contributed by atoms with van der Waals surface area (Å²) in [5, 5.41) is 2.94. The minimum absolute atomic E-state index is 0.0539. The van der Waals surface area contributed by atoms with E-state index in [0.29, 0.717) is 29.1 Å². The number of nitrogens with one attached hydrogen (secondary N) is 1. The van der Waals surface area contributed by atoms with Gasteiger partial charge in [0.1, 0.15) is 11.6 Å². The smallest absolute Gasteiger partial charge is 0.251 e. The van der Waals surface area contributed by atoms with Crippen molar-refractivity contribution in [3.63, 3.8) is 0 Å². The van der Waals surface area contributed by atoms with Gasteiger partial charge in [-0.1, -0.05) is 11.6 Å². The summed E-state index contributed by atoms with van der Waals surface area (Å²) in [7, 11) is -2.18. The zero-order valence-electron chi connectivity index (χ0n) is 18.4. The van der Waals surface area contributed by atoms with E-state index in [2.05, 4.69) is 11.4 Å². The number of rotatable bonds is 9. The normalized spacial score (nSPS) is 13.9. The number of allylic oxidation sites excluding steroid dienone is 1. The Morgan fingerprint density at radius 2 is 1.91 bits per heavy atom. The summed E-state index contributed by atoms with van der Waals surface area (Å²) in [5.74, 6) is -0.217. The molecule has 0 saturated heterocycles. The maximum atomic E-state index is 13.3. The molecule has 0 unspecified atom stereocenters. The van der Waals surface area contributed by atoms with Crippen LogP contribution < -0.4 is 14.4 Å². The number of carbonyl (C=O) groups is 1. The van der Waals surface area contributed by atoms with Gasteiger partial charge in [0.15, 0.2) is 0 Å². The van der Waals surface area contributed by atoms with Crippen LogP contribution in [0.15, 0.2) is 54.1 Å². The standard InChI is InChI=1S/C24H29FN2O4S/c1-31-23-13-8-19(24(28)26-15-14-18-6-4-3-5-7-18)16-20(23)17-27(32(2,29)30)22-11-9-21(25)10-12-22/h6,8-13,16H,3-5,7,14-15,17H2,1-2H3,(H,26,28). The molecular weight excluding hydrogens is 431 g/mol. The van der Waals surface area contributed by atoms with Crippen LogP contribution in [0.25, 0.3) is 0 Å². The number of benzene rings is 2. The number of amides is 1. The van der Waals surface area contributed by atoms with Crippen LogP contribution >= 0.6 is 0 Å². The van der Waals surface area contributed by atoms with Crippen molar-refractivity contribution in [1.29, 1.82) is 0 Å². The van der Waals surface area contributed by atoms with Crippen molar-refractivity contribution < 1.29 is 22.3 Å². The van der Waals surface area contributed by atoms with E-state index in [4.69, 9.17) is 4.74 Å². The van der Waals surface area contributed by atoms with Crippen LogP contribution in [0, 0.1) is 5.82 Å². The highest BCUT2D eigenvalue weighted by Gasteiger charge is 2.21. The molecule has 0 spiro atoms. The number of halogens is 1. The molecule has 172 valence electrons. The second kappa shape index (κ2) is 10.6. The van der Waals surface area contributed by atoms with Crippen LogP contribution in [0.3, 0.4) is 0 Å². The second-order valence-corrected chi connectivity index (χ2v) is 9.79. The molecule has 0 fully saturated rings. The van der Waals surface area contributed by atoms with E-state index >= 15 is 0 Å². The third-order valence-electron chi connectivity index (χ3n) is 5.49. The van der Waals surface area contributed by atoms with E-state index in [9.17, 15) is 17.6 Å². The summed E-state index contributed by atoms with van der Waals surface area (Å²) in [6, 6.07) is 10.2. The van der Waals surface area contributed by atoms with E-state index in [1.54, 1.807) is 18.2 Å². The Morgan fingerprint density at radius 3 is 2.53 bits per heavy atom. The molecule has 0 aliphatic heterocycles. The summed E-state index contributed by atoms with van der Waals surface area (Å²) in [4.78, 5) is 12.7. The molecule has 32 heavy (non-hydrogen) atoms. The van der Waals surface area contributed by atoms with Crippen molar-refractivity contribution in [2.45, 2.75) is 38.6 Å². The first-order chi connectivity index (χ1) is 15.3. The fourth-order valence-corrected chi connectivity index (χ4v) is 4.65. The maximum absolute atomic E-state index is 13.3. The molecule has 1 amide bonds. The van der Waals surface area contributed by atoms with Crippen molar-refractivity contribution in [2.24, 2.45) is 0 Å². The molecule has 0 saturated carbocycles. The van der Waals surface area contributed by atoms with Crippen molar-refractivity contribution in [3.8, 4) is 5.75 Å². The molecule has 1 N–H and O–H groups in total. The lowest BCUT2D eigenvalue weighted by Gasteiger charge is -2.24. The fourth-order valence-electron chi connectivity index (χ4n) is 3.78. The molecule has 0 atom stereocenters. The largest absolute Gasteiger partial charge is 0.496 e. The Labute approximate surface area is 189 Å². The molecule has 6 nitrogen and oxygen atoms in total. The summed E-state index contributed by atoms with van der Waals surface area (Å²) >= 11 is 0. The first kappa shape index (κ1) is 23.8. The molecule has 1 aliphatic rings. The van der Waals surface area contributed by atoms with Gasteiger partial charge in [-0.2, -0.15) is 0 Å². The highest BCUT2D eigenvalue weighted by atomic mass is 32.2. The molecule has 1 aliphatic carbocycles. The number of methoxy groups -OCH3 is 1. The van der Waals surface area contributed by atoms with Crippen molar-refractivity contribution in [2.75, 3.05) is 24.2 Å². The lowest BCUT2D eigenvalue weighted by Crippen LogP contribution is -2.30. The molecule has 8 heteroatoms. The molecule has 2 aromatic rings. The van der Waals surface area contributed by atoms with E-state index in [1.807, 2.05) is 0 Å². The van der Waals surface area contributed by atoms with Crippen LogP contribution in [0.1, 0.15) is 48.0 Å². The zero-order valence-corrected chi connectivity index (χ0v) is 19.3. The number of anilines is 1. The van der Waals surface area contributed by atoms with E-state index in [0.717, 1.165) is 29.8 Å². The average Bonchev–Trinajstić information content (AvgIpc) is 2.78. The zero-order chi connectivity index (χ0) is 23.1. The third kappa shape index (κ3) is 6.32. The monoisotopic (exact) mass is 460 g/mol. The quantitative estimate of drug-likeness (QED) is 0.562. The fraction of sp³-hybridized carbons (Fsp3) is 0.375. The SMILES string of the molecule is COc1ccc(C(=O)NCCC2=CCCCC2)cc1CN(c1ccc(F)cc1)S(C)(=O)=O. The van der Waals surface area contributed by atoms with E-state index in [-0.39, 0.29) is 12.5 Å². The Kier molecular flexibility index (Phi) is 7.90. The van der Waals surface area contributed by atoms with Crippen molar-refractivity contribution in [1.82, 2.24) is 5.32 Å². The van der Waals surface area contributed by atoms with Gasteiger partial charge in [-0.15, -0.1) is 0 Å². The Bertz CT molecular complexity index is 1080. The predicted molar refractivity (Wildman–Crippen MR) is 124 cm³/mol. The summed E-state index contributed by atoms with van der Waals surface area (Å²) in [6.45, 7) is 0.499. The van der Waals surface area contributed by atoms with Gasteiger partial charge in [0, 0.05) is 17.7 Å². The first-order valence-corrected chi connectivity index (χ1v) is 12.5. The van der Waals surface area contributed by atoms with Crippen LogP contribution in [0.4, 0.5) is 10.1 Å². The van der Waals surface area contributed by atoms with Crippen LogP contribution in [-0.4, -0.2) is 34.2 Å². The van der Waals surface area contributed by atoms with Gasteiger partial charge < -0.3 is 10.1 Å². The molecule has 0 radical (unpaired) electrons. The topological polar surface area (TPSA) is 75.7 Å². The third-order valence-corrected chi connectivity index (χ3v) is 6.63. The Hall–Kier alpha value is -2.87. The summed E-state index contributed by atoms with van der Waals surface area (Å²) in [6.07, 6.45) is 8.81. The Morgan fingerprint density at radius 1 is 1.16 bits per heavy atom. The average molecular weight is 461 g/mol. The lowest BCUT2D eigenvalue weighted by atomic mass is 9.97. The number of ether oxygens (including phenoxy) is 1. The highest BCUT2D eigenvalue weighted by Crippen LogP contribution is 2.27. The van der Waals surface area contributed by atoms with E-state index < -0.39 is 15.8 Å². The van der Waals surface area contributed by atoms with Gasteiger partial charge in [0.25, 0.3) is 5.91 Å². The number of hydrogen-bond acceptors (Lipinski definition) is 4. The second-order valence-electron chi connectivity index (χ2n) is 7.89. The maximum Gasteiger partial charge on any atom is 0.251 e. The van der Waals surface area contributed by atoms with Gasteiger partial charge in [-0.05, 0) is 74.6 Å². The predicted octanol–water partition coefficient (Wildman–Crippen LogP) is 4.42. The number of hydrogen-bond donors (Lipinski definition) is 1. The van der Waals surface area contributed by atoms with Gasteiger partial charge in [-0.3, -0.25) is 9.10 Å². The van der Waals surface area contributed by atoms with Crippen LogP contribution in [-0.2, 0) is 16.6 Å². The van der Waals surface area contributed by atoms with Crippen molar-refractivity contribution in [3.05, 3.63) is 71.1 Å². The van der Waals surface area contributed by atoms with Crippen LogP contribution in [0.2, 0.25) is 0 Å². The molecule has 3 rings (SSSR count). The molecule has 0 bridgehead atoms. The Balaban J connectivity index is 1.77. The van der Waals surface area contributed by atoms with Crippen LogP contribution in [0.5, 0.6) is 5.75 Å². The van der Waals surface area contributed by atoms with Gasteiger partial charge in [0.2, 0.25) is 10.0 Å². The number of carbonyl (C=O) groups excluding carboxylic acids is 1. The lowest BCUT2D eigenvalue weighted by molar-refractivity contribution is 0.0954. The van der Waals surface area contributed by atoms with Crippen molar-refractivity contribution >= 4 is 21.6 Å². The van der Waals surface area contributed by atoms with Gasteiger partial charge in [-0.25, -0.2) is 12.8 Å². The summed E-state index contributed by atoms with van der Waals surface area (Å²) < 4.78 is 44.7. The first-order valence-electron chi connectivity index (χ1n) is 10.6. The van der Waals surface area contributed by atoms with Gasteiger partial charge in [0.05, 0.1) is 25.6 Å². The molecule has 0 heterocycles. The minimum Gasteiger partial charge on any atom is -0.496 e. The highest BCUT2D eigenvalue weighted by molar-refractivity contribution is 7.92. The van der Waals surface area contributed by atoms with Gasteiger partial charge >= 0.3 is 0 Å². The molecular formula is C24H29FN2O4S. The number of sulfonamides is 1. The molecule has 0 aromatic heterocycles.